The molecule has 0 amide bonds. The van der Waals surface area contributed by atoms with Crippen LogP contribution in [0.1, 0.15) is 19.8 Å². The Morgan fingerprint density at radius 2 is 2.33 bits per heavy atom. The fraction of sp³-hybridized carbons (Fsp3) is 1.00. The van der Waals surface area contributed by atoms with Crippen LogP contribution in [0.25, 0.3) is 0 Å². The van der Waals surface area contributed by atoms with Crippen LogP contribution in [0.3, 0.4) is 0 Å². The highest BCUT2D eigenvalue weighted by molar-refractivity contribution is 7.33. The molecule has 0 aromatic heterocycles. The first-order valence-electron chi connectivity index (χ1n) is 4.05. The van der Waals surface area contributed by atoms with E-state index in [4.69, 9.17) is 9.15 Å². The van der Waals surface area contributed by atoms with E-state index in [2.05, 4.69) is 10.8 Å². The lowest BCUT2D eigenvalue weighted by Gasteiger charge is -2.15. The molecule has 0 aliphatic carbocycles. The Labute approximate surface area is 72.7 Å². The first kappa shape index (κ1) is 10.0. The first-order valence-corrected chi connectivity index (χ1v) is 5.14. The highest BCUT2D eigenvalue weighted by Crippen LogP contribution is 2.22. The molecule has 12 heavy (non-hydrogen) atoms. The Kier molecular flexibility index (Phi) is 4.65. The van der Waals surface area contributed by atoms with Crippen molar-refractivity contribution in [3.63, 3.8) is 0 Å². The zero-order valence-electron chi connectivity index (χ0n) is 7.08. The summed E-state index contributed by atoms with van der Waals surface area (Å²) in [5.41, 5.74) is 2.58. The molecule has 0 aromatic carbocycles. The minimum atomic E-state index is -1.99. The smallest absolute Gasteiger partial charge is 0.300 e. The quantitative estimate of drug-likeness (QED) is 0.560. The van der Waals surface area contributed by atoms with Gasteiger partial charge in [-0.1, -0.05) is 0 Å². The van der Waals surface area contributed by atoms with Crippen LogP contribution in [0.2, 0.25) is 0 Å². The highest BCUT2D eigenvalue weighted by atomic mass is 31.1. The van der Waals surface area contributed by atoms with Crippen molar-refractivity contribution < 1.29 is 13.7 Å². The molecule has 71 valence electrons. The molecule has 1 aliphatic heterocycles. The van der Waals surface area contributed by atoms with E-state index < -0.39 is 8.25 Å². The Bertz CT molecular complexity index is 156. The molecule has 0 spiro atoms. The summed E-state index contributed by atoms with van der Waals surface area (Å²) in [4.78, 5) is 0. The summed E-state index contributed by atoms with van der Waals surface area (Å²) in [5, 5.41) is 3.15. The van der Waals surface area contributed by atoms with E-state index in [1.165, 1.54) is 0 Å². The molecule has 6 heteroatoms. The predicted molar refractivity (Wildman–Crippen MR) is 44.5 cm³/mol. The van der Waals surface area contributed by atoms with Gasteiger partial charge in [0.2, 0.25) is 0 Å². The largest absolute Gasteiger partial charge is 0.386 e. The topological polar surface area (TPSA) is 59.6 Å². The maximum Gasteiger partial charge on any atom is 0.386 e. The molecule has 1 fully saturated rings. The third-order valence-electron chi connectivity index (χ3n) is 1.52. The van der Waals surface area contributed by atoms with Crippen molar-refractivity contribution in [1.29, 1.82) is 0 Å². The molecule has 1 aliphatic rings. The summed E-state index contributed by atoms with van der Waals surface area (Å²) in [7, 11) is -1.99. The molecule has 0 saturated carbocycles. The summed E-state index contributed by atoms with van der Waals surface area (Å²) in [6, 6.07) is 0. The van der Waals surface area contributed by atoms with Crippen molar-refractivity contribution in [1.82, 2.24) is 10.8 Å². The number of hydrogen-bond donors (Lipinski definition) is 2. The maximum absolute atomic E-state index is 10.9. The fourth-order valence-corrected chi connectivity index (χ4v) is 1.45. The molecule has 2 unspecified atom stereocenters. The van der Waals surface area contributed by atoms with Crippen molar-refractivity contribution >= 4 is 8.25 Å². The zero-order valence-corrected chi connectivity index (χ0v) is 7.97. The molecule has 2 N–H and O–H groups in total. The summed E-state index contributed by atoms with van der Waals surface area (Å²) in [6.45, 7) is 3.30. The number of rotatable bonds is 0. The number of hydrogen-bond acceptors (Lipinski definition) is 5. The van der Waals surface area contributed by atoms with Gasteiger partial charge in [0, 0.05) is 0 Å². The molecule has 0 aromatic rings. The van der Waals surface area contributed by atoms with Crippen LogP contribution in [0.4, 0.5) is 0 Å². The van der Waals surface area contributed by atoms with E-state index in [0.717, 1.165) is 19.4 Å². The standard InChI is InChI=1S/C6H14N2O3P/c1-6-7-4-2-3-5-10-12(9)11-8-6/h6-8H,2-5H2,1H3. The number of nitrogens with one attached hydrogen (secondary N) is 2. The molecule has 1 saturated heterocycles. The average molecular weight is 193 g/mol. The molecule has 1 heterocycles. The summed E-state index contributed by atoms with van der Waals surface area (Å²) in [6.07, 6.45) is 1.94. The fourth-order valence-electron chi connectivity index (χ4n) is 0.875. The van der Waals surface area contributed by atoms with Crippen LogP contribution >= 0.6 is 8.25 Å². The molecular formula is C6H14N2O3P. The van der Waals surface area contributed by atoms with Gasteiger partial charge in [-0.05, 0) is 26.3 Å². The summed E-state index contributed by atoms with van der Waals surface area (Å²) >= 11 is 0. The van der Waals surface area contributed by atoms with Crippen LogP contribution in [-0.4, -0.2) is 19.3 Å². The monoisotopic (exact) mass is 193 g/mol. The van der Waals surface area contributed by atoms with Gasteiger partial charge in [-0.15, -0.1) is 0 Å². The summed E-state index contributed by atoms with van der Waals surface area (Å²) < 4.78 is 20.4. The van der Waals surface area contributed by atoms with Crippen LogP contribution in [0.5, 0.6) is 0 Å². The Morgan fingerprint density at radius 3 is 3.17 bits per heavy atom. The van der Waals surface area contributed by atoms with Gasteiger partial charge < -0.3 is 5.32 Å². The van der Waals surface area contributed by atoms with Crippen molar-refractivity contribution in [2.75, 3.05) is 13.2 Å². The van der Waals surface area contributed by atoms with Gasteiger partial charge in [0.05, 0.1) is 12.8 Å². The van der Waals surface area contributed by atoms with E-state index in [1.54, 1.807) is 0 Å². The van der Waals surface area contributed by atoms with Crippen molar-refractivity contribution in [2.45, 2.75) is 25.9 Å². The lowest BCUT2D eigenvalue weighted by Crippen LogP contribution is -2.39. The minimum Gasteiger partial charge on any atom is -0.300 e. The molecule has 1 radical (unpaired) electrons. The van der Waals surface area contributed by atoms with Gasteiger partial charge in [-0.2, -0.15) is 10.1 Å². The third-order valence-corrected chi connectivity index (χ3v) is 2.17. The normalized spacial score (nSPS) is 31.4. The van der Waals surface area contributed by atoms with Crippen LogP contribution in [0, 0.1) is 0 Å². The van der Waals surface area contributed by atoms with E-state index in [1.807, 2.05) is 6.92 Å². The van der Waals surface area contributed by atoms with E-state index in [9.17, 15) is 4.57 Å². The van der Waals surface area contributed by atoms with E-state index >= 15 is 0 Å². The van der Waals surface area contributed by atoms with Crippen molar-refractivity contribution in [3.8, 4) is 0 Å². The molecule has 2 atom stereocenters. The lowest BCUT2D eigenvalue weighted by atomic mass is 10.3. The van der Waals surface area contributed by atoms with Crippen molar-refractivity contribution in [3.05, 3.63) is 0 Å². The molecular weight excluding hydrogens is 179 g/mol. The molecule has 5 nitrogen and oxygen atoms in total. The zero-order chi connectivity index (χ0) is 8.81. The second kappa shape index (κ2) is 5.56. The molecule has 0 bridgehead atoms. The van der Waals surface area contributed by atoms with Crippen LogP contribution < -0.4 is 10.8 Å². The Hall–Kier alpha value is -0.0600. The maximum atomic E-state index is 10.9. The van der Waals surface area contributed by atoms with Gasteiger partial charge >= 0.3 is 8.25 Å². The second-order valence-corrected chi connectivity index (χ2v) is 3.54. The number of hydroxylamine groups is 1. The predicted octanol–water partition coefficient (Wildman–Crippen LogP) is 0.911. The SMILES string of the molecule is CC1NCCCCO[P](=O)ON1. The van der Waals surface area contributed by atoms with E-state index in [-0.39, 0.29) is 6.17 Å². The second-order valence-electron chi connectivity index (χ2n) is 2.65. The summed E-state index contributed by atoms with van der Waals surface area (Å²) in [5.74, 6) is 0. The lowest BCUT2D eigenvalue weighted by molar-refractivity contribution is 0.114. The van der Waals surface area contributed by atoms with Gasteiger partial charge in [-0.3, -0.25) is 4.52 Å². The van der Waals surface area contributed by atoms with Crippen LogP contribution in [0.15, 0.2) is 0 Å². The first-order chi connectivity index (χ1) is 5.79. The van der Waals surface area contributed by atoms with Crippen LogP contribution in [-0.2, 0) is 13.7 Å². The van der Waals surface area contributed by atoms with Crippen molar-refractivity contribution in [2.24, 2.45) is 0 Å². The van der Waals surface area contributed by atoms with Gasteiger partial charge in [0.15, 0.2) is 0 Å². The molecule has 1 rings (SSSR count). The Balaban J connectivity index is 2.27. The van der Waals surface area contributed by atoms with Gasteiger partial charge in [0.1, 0.15) is 0 Å². The minimum absolute atomic E-state index is 0.00523. The highest BCUT2D eigenvalue weighted by Gasteiger charge is 2.07. The third kappa shape index (κ3) is 4.09. The van der Waals surface area contributed by atoms with Gasteiger partial charge in [0.25, 0.3) is 0 Å². The Morgan fingerprint density at radius 1 is 1.50 bits per heavy atom. The van der Waals surface area contributed by atoms with Gasteiger partial charge in [-0.25, -0.2) is 4.57 Å². The van der Waals surface area contributed by atoms with E-state index in [0.29, 0.717) is 6.61 Å². The average Bonchev–Trinajstić information content (AvgIpc) is 2.07.